The molecule has 3 N–H and O–H groups in total. The summed E-state index contributed by atoms with van der Waals surface area (Å²) < 4.78 is 1.61. The normalized spacial score (nSPS) is 10.4. The van der Waals surface area contributed by atoms with Gasteiger partial charge >= 0.3 is 0 Å². The Labute approximate surface area is 110 Å². The van der Waals surface area contributed by atoms with E-state index in [9.17, 15) is 4.79 Å². The van der Waals surface area contributed by atoms with Gasteiger partial charge in [0.15, 0.2) is 5.82 Å². The molecule has 1 heterocycles. The van der Waals surface area contributed by atoms with Crippen molar-refractivity contribution in [1.29, 1.82) is 0 Å². The molecule has 7 nitrogen and oxygen atoms in total. The molecule has 1 amide bonds. The van der Waals surface area contributed by atoms with Crippen LogP contribution in [-0.2, 0) is 4.79 Å². The van der Waals surface area contributed by atoms with Crippen molar-refractivity contribution in [3.05, 3.63) is 30.1 Å². The van der Waals surface area contributed by atoms with Crippen LogP contribution in [0.1, 0.15) is 18.7 Å². The zero-order valence-electron chi connectivity index (χ0n) is 10.7. The van der Waals surface area contributed by atoms with Crippen molar-refractivity contribution in [2.75, 3.05) is 11.9 Å². The molecule has 0 unspecified atom stereocenters. The van der Waals surface area contributed by atoms with Crippen molar-refractivity contribution in [1.82, 2.24) is 20.2 Å². The van der Waals surface area contributed by atoms with Crippen molar-refractivity contribution in [2.45, 2.75) is 19.8 Å². The van der Waals surface area contributed by atoms with Crippen LogP contribution in [0.3, 0.4) is 0 Å². The first kappa shape index (κ1) is 13.2. The first-order valence-corrected chi connectivity index (χ1v) is 6.06. The van der Waals surface area contributed by atoms with Gasteiger partial charge in [0.25, 0.3) is 0 Å². The molecule has 2 aromatic rings. The number of hydrogen-bond acceptors (Lipinski definition) is 5. The van der Waals surface area contributed by atoms with Crippen LogP contribution in [0.2, 0.25) is 0 Å². The largest absolute Gasteiger partial charge is 0.330 e. The maximum Gasteiger partial charge on any atom is 0.224 e. The number of nitrogens with two attached hydrogens (primary N) is 1. The van der Waals surface area contributed by atoms with Gasteiger partial charge in [-0.2, -0.15) is 4.68 Å². The van der Waals surface area contributed by atoms with Crippen LogP contribution in [0, 0.1) is 6.92 Å². The Morgan fingerprint density at radius 1 is 1.47 bits per heavy atom. The van der Waals surface area contributed by atoms with E-state index in [1.165, 1.54) is 0 Å². The molecule has 0 fully saturated rings. The second-order valence-electron chi connectivity index (χ2n) is 4.13. The minimum Gasteiger partial charge on any atom is -0.330 e. The maximum atomic E-state index is 11.6. The quantitative estimate of drug-likeness (QED) is 0.822. The Morgan fingerprint density at radius 3 is 3.00 bits per heavy atom. The lowest BCUT2D eigenvalue weighted by molar-refractivity contribution is -0.116. The topological polar surface area (TPSA) is 98.7 Å². The number of carbonyl (C=O) groups is 1. The lowest BCUT2D eigenvalue weighted by atomic mass is 10.2. The average molecular weight is 260 g/mol. The van der Waals surface area contributed by atoms with Gasteiger partial charge in [-0.25, -0.2) is 0 Å². The van der Waals surface area contributed by atoms with Crippen molar-refractivity contribution >= 4 is 11.6 Å². The Bertz CT molecular complexity index is 565. The van der Waals surface area contributed by atoms with Gasteiger partial charge in [0.1, 0.15) is 0 Å². The SMILES string of the molecule is Cc1nnnn1-c1cccc(NC(=O)CCCN)c1. The first-order valence-electron chi connectivity index (χ1n) is 6.06. The zero-order valence-corrected chi connectivity index (χ0v) is 10.7. The number of amides is 1. The molecule has 0 aliphatic heterocycles. The van der Waals surface area contributed by atoms with E-state index in [0.717, 1.165) is 11.4 Å². The summed E-state index contributed by atoms with van der Waals surface area (Å²) in [5, 5.41) is 14.1. The summed E-state index contributed by atoms with van der Waals surface area (Å²) >= 11 is 0. The van der Waals surface area contributed by atoms with Crippen LogP contribution >= 0.6 is 0 Å². The summed E-state index contributed by atoms with van der Waals surface area (Å²) in [5.41, 5.74) is 6.89. The molecule has 0 radical (unpaired) electrons. The smallest absolute Gasteiger partial charge is 0.224 e. The molecule has 0 aliphatic carbocycles. The predicted molar refractivity (Wildman–Crippen MR) is 70.8 cm³/mol. The Balaban J connectivity index is 2.12. The van der Waals surface area contributed by atoms with E-state index in [-0.39, 0.29) is 5.91 Å². The fraction of sp³-hybridized carbons (Fsp3) is 0.333. The van der Waals surface area contributed by atoms with E-state index in [0.29, 0.717) is 25.2 Å². The van der Waals surface area contributed by atoms with Crippen molar-refractivity contribution in [3.8, 4) is 5.69 Å². The minimum atomic E-state index is -0.0453. The number of hydrogen-bond donors (Lipinski definition) is 2. The number of nitrogens with zero attached hydrogens (tertiary/aromatic N) is 4. The maximum absolute atomic E-state index is 11.6. The molecule has 1 aromatic heterocycles. The molecule has 100 valence electrons. The highest BCUT2D eigenvalue weighted by Gasteiger charge is 2.06. The molecule has 0 saturated carbocycles. The molecule has 0 saturated heterocycles. The predicted octanol–water partition coefficient (Wildman–Crippen LogP) is 0.648. The van der Waals surface area contributed by atoms with Gasteiger partial charge in [0, 0.05) is 12.1 Å². The number of anilines is 1. The first-order chi connectivity index (χ1) is 9.20. The number of rotatable bonds is 5. The highest BCUT2D eigenvalue weighted by atomic mass is 16.1. The van der Waals surface area contributed by atoms with Crippen LogP contribution in [0.25, 0.3) is 5.69 Å². The Kier molecular flexibility index (Phi) is 4.19. The number of aryl methyl sites for hydroxylation is 1. The summed E-state index contributed by atoms with van der Waals surface area (Å²) in [5.74, 6) is 0.641. The van der Waals surface area contributed by atoms with Gasteiger partial charge in [0.2, 0.25) is 5.91 Å². The summed E-state index contributed by atoms with van der Waals surface area (Å²) in [6, 6.07) is 7.36. The van der Waals surface area contributed by atoms with Crippen molar-refractivity contribution in [2.24, 2.45) is 5.73 Å². The Morgan fingerprint density at radius 2 is 2.32 bits per heavy atom. The standard InChI is InChI=1S/C12H16N6O/c1-9-15-16-17-18(9)11-5-2-4-10(8-11)14-12(19)6-3-7-13/h2,4-5,8H,3,6-7,13H2,1H3,(H,14,19). The number of benzene rings is 1. The number of tetrazole rings is 1. The van der Waals surface area contributed by atoms with E-state index in [1.54, 1.807) is 4.68 Å². The number of aromatic nitrogens is 4. The van der Waals surface area contributed by atoms with E-state index >= 15 is 0 Å². The summed E-state index contributed by atoms with van der Waals surface area (Å²) in [7, 11) is 0. The third-order valence-corrected chi connectivity index (χ3v) is 2.61. The molecular formula is C12H16N6O. The molecule has 0 bridgehead atoms. The molecule has 0 atom stereocenters. The summed E-state index contributed by atoms with van der Waals surface area (Å²) in [6.45, 7) is 2.32. The highest BCUT2D eigenvalue weighted by molar-refractivity contribution is 5.90. The van der Waals surface area contributed by atoms with E-state index in [2.05, 4.69) is 20.8 Å². The van der Waals surface area contributed by atoms with Crippen LogP contribution in [-0.4, -0.2) is 32.7 Å². The monoisotopic (exact) mass is 260 g/mol. The number of carbonyl (C=O) groups excluding carboxylic acids is 1. The fourth-order valence-electron chi connectivity index (χ4n) is 1.67. The lowest BCUT2D eigenvalue weighted by Crippen LogP contribution is -2.13. The molecular weight excluding hydrogens is 244 g/mol. The van der Waals surface area contributed by atoms with Gasteiger partial charge in [0.05, 0.1) is 5.69 Å². The molecule has 7 heteroatoms. The van der Waals surface area contributed by atoms with Crippen LogP contribution in [0.5, 0.6) is 0 Å². The van der Waals surface area contributed by atoms with Crippen molar-refractivity contribution < 1.29 is 4.79 Å². The molecule has 1 aromatic carbocycles. The van der Waals surface area contributed by atoms with Crippen LogP contribution in [0.4, 0.5) is 5.69 Å². The van der Waals surface area contributed by atoms with Gasteiger partial charge in [-0.15, -0.1) is 5.10 Å². The summed E-state index contributed by atoms with van der Waals surface area (Å²) in [6.07, 6.45) is 1.10. The third-order valence-electron chi connectivity index (χ3n) is 2.61. The molecule has 0 spiro atoms. The van der Waals surface area contributed by atoms with E-state index < -0.39 is 0 Å². The third kappa shape index (κ3) is 3.35. The highest BCUT2D eigenvalue weighted by Crippen LogP contribution is 2.14. The van der Waals surface area contributed by atoms with Crippen LogP contribution in [0.15, 0.2) is 24.3 Å². The minimum absolute atomic E-state index is 0.0453. The number of nitrogens with one attached hydrogen (secondary N) is 1. The van der Waals surface area contributed by atoms with E-state index in [4.69, 9.17) is 5.73 Å². The molecule has 19 heavy (non-hydrogen) atoms. The summed E-state index contributed by atoms with van der Waals surface area (Å²) in [4.78, 5) is 11.6. The van der Waals surface area contributed by atoms with Gasteiger partial charge in [-0.05, 0) is 48.5 Å². The van der Waals surface area contributed by atoms with Gasteiger partial charge in [-0.3, -0.25) is 4.79 Å². The molecule has 0 aliphatic rings. The van der Waals surface area contributed by atoms with E-state index in [1.807, 2.05) is 31.2 Å². The fourth-order valence-corrected chi connectivity index (χ4v) is 1.67. The van der Waals surface area contributed by atoms with Crippen LogP contribution < -0.4 is 11.1 Å². The second kappa shape index (κ2) is 6.05. The lowest BCUT2D eigenvalue weighted by Gasteiger charge is -2.07. The zero-order chi connectivity index (χ0) is 13.7. The second-order valence-corrected chi connectivity index (χ2v) is 4.13. The van der Waals surface area contributed by atoms with Gasteiger partial charge < -0.3 is 11.1 Å². The average Bonchev–Trinajstić information content (AvgIpc) is 2.83. The Hall–Kier alpha value is -2.28. The van der Waals surface area contributed by atoms with Crippen molar-refractivity contribution in [3.63, 3.8) is 0 Å². The van der Waals surface area contributed by atoms with Gasteiger partial charge in [-0.1, -0.05) is 6.07 Å². The molecule has 2 rings (SSSR count).